The monoisotopic (exact) mass is 262 g/mol. The topological polar surface area (TPSA) is 9.23 Å². The summed E-state index contributed by atoms with van der Waals surface area (Å²) in [6.45, 7) is 1.80. The molecule has 0 aliphatic carbocycles. The van der Waals surface area contributed by atoms with E-state index < -0.39 is 0 Å². The van der Waals surface area contributed by atoms with Crippen molar-refractivity contribution in [2.24, 2.45) is 0 Å². The van der Waals surface area contributed by atoms with Crippen LogP contribution in [0.5, 0.6) is 0 Å². The van der Waals surface area contributed by atoms with Crippen LogP contribution in [0.3, 0.4) is 0 Å². The van der Waals surface area contributed by atoms with Gasteiger partial charge in [-0.05, 0) is 0 Å². The van der Waals surface area contributed by atoms with E-state index in [-0.39, 0.29) is 17.0 Å². The zero-order valence-corrected chi connectivity index (χ0v) is 9.35. The molecule has 0 amide bonds. The SMILES string of the molecule is Br.C[N+](C)(C)CCOBr. The fourth-order valence-corrected chi connectivity index (χ4v) is 0.453. The van der Waals surface area contributed by atoms with E-state index in [1.165, 1.54) is 0 Å². The number of quaternary nitrogens is 1. The van der Waals surface area contributed by atoms with Crippen molar-refractivity contribution in [3.63, 3.8) is 0 Å². The molecule has 0 N–H and O–H groups in total. The third kappa shape index (κ3) is 12.2. The minimum absolute atomic E-state index is 0. The van der Waals surface area contributed by atoms with Crippen molar-refractivity contribution in [2.45, 2.75) is 0 Å². The minimum atomic E-state index is 0. The van der Waals surface area contributed by atoms with Crippen LogP contribution in [-0.4, -0.2) is 38.8 Å². The highest BCUT2D eigenvalue weighted by molar-refractivity contribution is 9.06. The molecule has 0 fully saturated rings. The molecular weight excluding hydrogens is 250 g/mol. The van der Waals surface area contributed by atoms with Gasteiger partial charge in [-0.25, -0.2) is 0 Å². The zero-order valence-electron chi connectivity index (χ0n) is 6.06. The van der Waals surface area contributed by atoms with Crippen LogP contribution in [0.1, 0.15) is 0 Å². The highest BCUT2D eigenvalue weighted by atomic mass is 79.9. The molecule has 0 aliphatic heterocycles. The van der Waals surface area contributed by atoms with Gasteiger partial charge in [-0.3, -0.25) is 0 Å². The Balaban J connectivity index is 0. The smallest absolute Gasteiger partial charge is 0.110 e. The van der Waals surface area contributed by atoms with Gasteiger partial charge in [-0.1, -0.05) is 0 Å². The van der Waals surface area contributed by atoms with Gasteiger partial charge in [0.25, 0.3) is 0 Å². The molecule has 0 rings (SSSR count). The van der Waals surface area contributed by atoms with Crippen molar-refractivity contribution in [1.29, 1.82) is 0 Å². The first-order valence-corrected chi connectivity index (χ1v) is 3.25. The molecule has 58 valence electrons. The van der Waals surface area contributed by atoms with Gasteiger partial charge in [-0.2, -0.15) is 0 Å². The van der Waals surface area contributed by atoms with Crippen LogP contribution in [0, 0.1) is 0 Å². The predicted molar refractivity (Wildman–Crippen MR) is 48.1 cm³/mol. The first-order chi connectivity index (χ1) is 3.56. The van der Waals surface area contributed by atoms with E-state index in [4.69, 9.17) is 3.83 Å². The van der Waals surface area contributed by atoms with Gasteiger partial charge >= 0.3 is 0 Å². The Bertz CT molecular complexity index is 62.5. The van der Waals surface area contributed by atoms with Crippen molar-refractivity contribution in [2.75, 3.05) is 34.3 Å². The summed E-state index contributed by atoms with van der Waals surface area (Å²) >= 11 is 2.89. The van der Waals surface area contributed by atoms with Gasteiger partial charge in [0.1, 0.15) is 13.2 Å². The van der Waals surface area contributed by atoms with Gasteiger partial charge in [-0.15, -0.1) is 17.0 Å². The molecule has 0 saturated carbocycles. The Kier molecular flexibility index (Phi) is 7.87. The Hall–Kier alpha value is 0.880. The van der Waals surface area contributed by atoms with Gasteiger partial charge in [0.05, 0.1) is 37.4 Å². The van der Waals surface area contributed by atoms with E-state index in [0.717, 1.165) is 17.6 Å². The number of nitrogens with zero attached hydrogens (tertiary/aromatic N) is 1. The van der Waals surface area contributed by atoms with Crippen LogP contribution in [0.15, 0.2) is 0 Å². The zero-order chi connectivity index (χ0) is 6.62. The van der Waals surface area contributed by atoms with E-state index >= 15 is 0 Å². The number of halogens is 2. The second-order valence-corrected chi connectivity index (χ2v) is 3.29. The van der Waals surface area contributed by atoms with E-state index in [1.54, 1.807) is 0 Å². The van der Waals surface area contributed by atoms with Crippen LogP contribution in [0.4, 0.5) is 0 Å². The van der Waals surface area contributed by atoms with E-state index in [1.807, 2.05) is 0 Å². The fraction of sp³-hybridized carbons (Fsp3) is 1.00. The van der Waals surface area contributed by atoms with Crippen LogP contribution >= 0.6 is 33.2 Å². The van der Waals surface area contributed by atoms with E-state index in [9.17, 15) is 0 Å². The van der Waals surface area contributed by atoms with E-state index in [2.05, 4.69) is 37.4 Å². The molecule has 9 heavy (non-hydrogen) atoms. The predicted octanol–water partition coefficient (Wildman–Crippen LogP) is 1.60. The molecule has 0 aromatic heterocycles. The van der Waals surface area contributed by atoms with Crippen LogP contribution < -0.4 is 0 Å². The standard InChI is InChI=1S/C5H13BrNO.BrH/c1-7(2,3)4-5-8-6;/h4-5H2,1-3H3;1H/q+1;. The summed E-state index contributed by atoms with van der Waals surface area (Å²) in [5, 5.41) is 0. The number of rotatable bonds is 3. The molecule has 0 aliphatic rings. The van der Waals surface area contributed by atoms with Crippen LogP contribution in [0.25, 0.3) is 0 Å². The second kappa shape index (κ2) is 5.65. The minimum Gasteiger partial charge on any atom is -0.329 e. The Morgan fingerprint density at radius 1 is 1.33 bits per heavy atom. The summed E-state index contributed by atoms with van der Waals surface area (Å²) in [6, 6.07) is 0. The molecule has 0 saturated heterocycles. The number of hydrogen-bond donors (Lipinski definition) is 0. The third-order valence-corrected chi connectivity index (χ3v) is 1.16. The lowest BCUT2D eigenvalue weighted by atomic mass is 10.5. The molecule has 0 aromatic carbocycles. The summed E-state index contributed by atoms with van der Waals surface area (Å²) in [5.41, 5.74) is 0. The molecule has 0 heterocycles. The number of likely N-dealkylation sites (N-methyl/N-ethyl adjacent to an activating group) is 1. The average Bonchev–Trinajstić information content (AvgIpc) is 1.59. The molecule has 0 unspecified atom stereocenters. The van der Waals surface area contributed by atoms with Crippen molar-refractivity contribution >= 4 is 33.2 Å². The average molecular weight is 264 g/mol. The molecule has 4 heteroatoms. The largest absolute Gasteiger partial charge is 0.329 e. The Morgan fingerprint density at radius 2 is 1.78 bits per heavy atom. The van der Waals surface area contributed by atoms with Gasteiger partial charge in [0.15, 0.2) is 0 Å². The van der Waals surface area contributed by atoms with Gasteiger partial charge in [0.2, 0.25) is 0 Å². The Labute approximate surface area is 76.0 Å². The highest BCUT2D eigenvalue weighted by Gasteiger charge is 2.04. The molecule has 0 spiro atoms. The molecule has 0 bridgehead atoms. The van der Waals surface area contributed by atoms with Crippen molar-refractivity contribution in [3.8, 4) is 0 Å². The quantitative estimate of drug-likeness (QED) is 0.703. The lowest BCUT2D eigenvalue weighted by Gasteiger charge is -2.22. The highest BCUT2D eigenvalue weighted by Crippen LogP contribution is 1.91. The first-order valence-electron chi connectivity index (χ1n) is 2.60. The van der Waals surface area contributed by atoms with Crippen LogP contribution in [-0.2, 0) is 3.83 Å². The third-order valence-electron chi connectivity index (χ3n) is 0.839. The first kappa shape index (κ1) is 12.5. The summed E-state index contributed by atoms with van der Waals surface area (Å²) in [6.07, 6.45) is 0. The van der Waals surface area contributed by atoms with Crippen molar-refractivity contribution < 1.29 is 8.31 Å². The van der Waals surface area contributed by atoms with Crippen LogP contribution in [0.2, 0.25) is 0 Å². The summed E-state index contributed by atoms with van der Waals surface area (Å²) in [5.74, 6) is 0. The van der Waals surface area contributed by atoms with E-state index in [0.29, 0.717) is 0 Å². The normalized spacial score (nSPS) is 10.7. The number of hydrogen-bond acceptors (Lipinski definition) is 1. The maximum absolute atomic E-state index is 4.71. The summed E-state index contributed by atoms with van der Waals surface area (Å²) in [7, 11) is 6.39. The van der Waals surface area contributed by atoms with Crippen molar-refractivity contribution in [1.82, 2.24) is 0 Å². The lowest BCUT2D eigenvalue weighted by molar-refractivity contribution is -0.870. The molecule has 2 nitrogen and oxygen atoms in total. The molecule has 0 atom stereocenters. The van der Waals surface area contributed by atoms with Crippen molar-refractivity contribution in [3.05, 3.63) is 0 Å². The van der Waals surface area contributed by atoms with Gasteiger partial charge < -0.3 is 8.31 Å². The fourth-order valence-electron chi connectivity index (χ4n) is 0.308. The second-order valence-electron chi connectivity index (χ2n) is 2.83. The maximum Gasteiger partial charge on any atom is 0.110 e. The Morgan fingerprint density at radius 3 is 1.89 bits per heavy atom. The molecule has 0 radical (unpaired) electrons. The molecule has 0 aromatic rings. The maximum atomic E-state index is 4.71. The lowest BCUT2D eigenvalue weighted by Crippen LogP contribution is -2.37. The summed E-state index contributed by atoms with van der Waals surface area (Å²) in [4.78, 5) is 0. The summed E-state index contributed by atoms with van der Waals surface area (Å²) < 4.78 is 5.66. The molecular formula is C5H14Br2NO+. The van der Waals surface area contributed by atoms with Gasteiger partial charge in [0, 0.05) is 0 Å².